The number of nitrogens with one attached hydrogen (secondary N) is 1. The Labute approximate surface area is 182 Å². The molecule has 0 aliphatic carbocycles. The number of methoxy groups -OCH3 is 5. The molecule has 0 aromatic heterocycles. The first kappa shape index (κ1) is 23.5. The van der Waals surface area contributed by atoms with E-state index in [1.54, 1.807) is 53.7 Å². The Morgan fingerprint density at radius 1 is 0.821 bits per heavy atom. The van der Waals surface area contributed by atoms with Crippen molar-refractivity contribution in [1.82, 2.24) is 0 Å². The topological polar surface area (TPSA) is 96.6 Å². The zero-order valence-corrected chi connectivity index (χ0v) is 18.9. The van der Waals surface area contributed by atoms with Crippen LogP contribution in [0.1, 0.15) is 5.56 Å². The Morgan fingerprint density at radius 3 is 2.00 bits per heavy atom. The van der Waals surface area contributed by atoms with Crippen LogP contribution in [0.25, 0.3) is 0 Å². The maximum atomic E-state index is 6.00. The van der Waals surface area contributed by atoms with Crippen LogP contribution in [0.15, 0.2) is 35.3 Å². The van der Waals surface area contributed by atoms with Crippen molar-refractivity contribution >= 4 is 35.6 Å². The van der Waals surface area contributed by atoms with Gasteiger partial charge in [-0.15, -0.1) is 24.0 Å². The molecule has 2 rings (SSSR count). The Hall–Kier alpha value is -2.56. The smallest absolute Gasteiger partial charge is 0.203 e. The molecule has 0 radical (unpaired) electrons. The molecule has 0 saturated heterocycles. The molecule has 0 aliphatic heterocycles. The highest BCUT2D eigenvalue weighted by Gasteiger charge is 2.15. The summed E-state index contributed by atoms with van der Waals surface area (Å²) in [5.74, 6) is 3.13. The average molecular weight is 503 g/mol. The maximum absolute atomic E-state index is 6.00. The quantitative estimate of drug-likeness (QED) is 0.324. The summed E-state index contributed by atoms with van der Waals surface area (Å²) in [6, 6.07) is 9.03. The van der Waals surface area contributed by atoms with E-state index in [-0.39, 0.29) is 29.9 Å². The molecule has 3 N–H and O–H groups in total. The van der Waals surface area contributed by atoms with Gasteiger partial charge in [0.05, 0.1) is 42.1 Å². The highest BCUT2D eigenvalue weighted by atomic mass is 127. The molecule has 0 heterocycles. The van der Waals surface area contributed by atoms with Gasteiger partial charge in [-0.1, -0.05) is 0 Å². The highest BCUT2D eigenvalue weighted by molar-refractivity contribution is 14.0. The number of hydrogen-bond donors (Lipinski definition) is 2. The van der Waals surface area contributed by atoms with Crippen molar-refractivity contribution in [2.24, 2.45) is 10.7 Å². The van der Waals surface area contributed by atoms with Gasteiger partial charge in [0.2, 0.25) is 5.75 Å². The Bertz CT molecular complexity index is 814. The van der Waals surface area contributed by atoms with E-state index in [1.165, 1.54) is 0 Å². The Balaban J connectivity index is 0.00000392. The maximum Gasteiger partial charge on any atom is 0.203 e. The van der Waals surface area contributed by atoms with Gasteiger partial charge in [0.15, 0.2) is 29.0 Å². The highest BCUT2D eigenvalue weighted by Crippen LogP contribution is 2.40. The molecule has 0 saturated carbocycles. The van der Waals surface area contributed by atoms with E-state index in [0.29, 0.717) is 35.3 Å². The molecule has 0 aliphatic rings. The molecule has 0 amide bonds. The van der Waals surface area contributed by atoms with E-state index >= 15 is 0 Å². The van der Waals surface area contributed by atoms with Crippen molar-refractivity contribution in [2.45, 2.75) is 6.54 Å². The molecule has 154 valence electrons. The van der Waals surface area contributed by atoms with Gasteiger partial charge in [-0.25, -0.2) is 4.99 Å². The number of aliphatic imine (C=N–C) groups is 1. The minimum atomic E-state index is 0. The summed E-state index contributed by atoms with van der Waals surface area (Å²) in [5.41, 5.74) is 7.55. The van der Waals surface area contributed by atoms with Gasteiger partial charge in [0.1, 0.15) is 0 Å². The molecule has 0 fully saturated rings. The molecule has 0 spiro atoms. The van der Waals surface area contributed by atoms with E-state index in [2.05, 4.69) is 10.3 Å². The lowest BCUT2D eigenvalue weighted by molar-refractivity contribution is 0.322. The predicted molar refractivity (Wildman–Crippen MR) is 120 cm³/mol. The van der Waals surface area contributed by atoms with Gasteiger partial charge in [-0.2, -0.15) is 0 Å². The van der Waals surface area contributed by atoms with Crippen LogP contribution in [-0.2, 0) is 6.54 Å². The number of nitrogens with two attached hydrogens (primary N) is 1. The van der Waals surface area contributed by atoms with Crippen LogP contribution in [0, 0.1) is 0 Å². The summed E-state index contributed by atoms with van der Waals surface area (Å²) >= 11 is 0. The number of rotatable bonds is 8. The van der Waals surface area contributed by atoms with Crippen LogP contribution in [0.5, 0.6) is 28.7 Å². The second kappa shape index (κ2) is 11.3. The number of halogens is 1. The number of hydrogen-bond acceptors (Lipinski definition) is 6. The third-order valence-corrected chi connectivity index (χ3v) is 3.86. The fourth-order valence-electron chi connectivity index (χ4n) is 2.56. The van der Waals surface area contributed by atoms with Crippen molar-refractivity contribution in [1.29, 1.82) is 0 Å². The second-order valence-corrected chi connectivity index (χ2v) is 5.39. The van der Waals surface area contributed by atoms with Crippen molar-refractivity contribution < 1.29 is 23.7 Å². The lowest BCUT2D eigenvalue weighted by Gasteiger charge is -2.15. The van der Waals surface area contributed by atoms with Gasteiger partial charge in [0.25, 0.3) is 0 Å². The SMILES string of the molecule is COc1ccc(NC(N)=NCc2ccc(OC)c(OC)c2OC)cc1OC.I. The van der Waals surface area contributed by atoms with Gasteiger partial charge in [0, 0.05) is 17.3 Å². The lowest BCUT2D eigenvalue weighted by atomic mass is 10.1. The number of ether oxygens (including phenoxy) is 5. The van der Waals surface area contributed by atoms with E-state index < -0.39 is 0 Å². The predicted octanol–water partition coefficient (Wildman–Crippen LogP) is 3.27. The van der Waals surface area contributed by atoms with Crippen LogP contribution in [0.2, 0.25) is 0 Å². The van der Waals surface area contributed by atoms with Crippen LogP contribution in [0.3, 0.4) is 0 Å². The first-order valence-electron chi connectivity index (χ1n) is 8.14. The van der Waals surface area contributed by atoms with E-state index in [0.717, 1.165) is 11.3 Å². The first-order chi connectivity index (χ1) is 13.1. The third-order valence-electron chi connectivity index (χ3n) is 3.86. The Morgan fingerprint density at radius 2 is 1.43 bits per heavy atom. The number of benzene rings is 2. The fourth-order valence-corrected chi connectivity index (χ4v) is 2.56. The minimum absolute atomic E-state index is 0. The van der Waals surface area contributed by atoms with E-state index in [1.807, 2.05) is 12.1 Å². The van der Waals surface area contributed by atoms with E-state index in [4.69, 9.17) is 29.4 Å². The summed E-state index contributed by atoms with van der Waals surface area (Å²) in [6.07, 6.45) is 0. The standard InChI is InChI=1S/C19H25N3O5.HI/c1-23-14-9-7-13(10-16(14)25-3)22-19(20)21-11-12-6-8-15(24-2)18(27-5)17(12)26-4;/h6-10H,11H2,1-5H3,(H3,20,21,22);1H. The molecule has 8 nitrogen and oxygen atoms in total. The molecule has 28 heavy (non-hydrogen) atoms. The van der Waals surface area contributed by atoms with Gasteiger partial charge < -0.3 is 34.7 Å². The summed E-state index contributed by atoms with van der Waals surface area (Å²) in [7, 11) is 7.84. The van der Waals surface area contributed by atoms with Crippen LogP contribution >= 0.6 is 24.0 Å². The second-order valence-electron chi connectivity index (χ2n) is 5.39. The third kappa shape index (κ3) is 5.47. The summed E-state index contributed by atoms with van der Waals surface area (Å²) < 4.78 is 26.6. The molecule has 9 heteroatoms. The number of anilines is 1. The normalized spacial score (nSPS) is 10.5. The molecule has 0 unspecified atom stereocenters. The monoisotopic (exact) mass is 503 g/mol. The summed E-state index contributed by atoms with van der Waals surface area (Å²) in [4.78, 5) is 4.36. The molecular weight excluding hydrogens is 477 g/mol. The molecule has 2 aromatic carbocycles. The largest absolute Gasteiger partial charge is 0.493 e. The molecule has 0 atom stereocenters. The zero-order valence-electron chi connectivity index (χ0n) is 16.6. The van der Waals surface area contributed by atoms with Gasteiger partial charge >= 0.3 is 0 Å². The summed E-state index contributed by atoms with van der Waals surface area (Å²) in [6.45, 7) is 0.301. The van der Waals surface area contributed by atoms with Gasteiger partial charge in [-0.05, 0) is 24.3 Å². The summed E-state index contributed by atoms with van der Waals surface area (Å²) in [5, 5.41) is 3.02. The van der Waals surface area contributed by atoms with Gasteiger partial charge in [-0.3, -0.25) is 0 Å². The zero-order chi connectivity index (χ0) is 19.8. The van der Waals surface area contributed by atoms with Crippen molar-refractivity contribution in [3.8, 4) is 28.7 Å². The molecule has 0 bridgehead atoms. The van der Waals surface area contributed by atoms with Crippen molar-refractivity contribution in [2.75, 3.05) is 40.9 Å². The average Bonchev–Trinajstić information content (AvgIpc) is 2.70. The van der Waals surface area contributed by atoms with Crippen LogP contribution in [-0.4, -0.2) is 41.5 Å². The van der Waals surface area contributed by atoms with Crippen LogP contribution in [0.4, 0.5) is 5.69 Å². The minimum Gasteiger partial charge on any atom is -0.493 e. The molecule has 2 aromatic rings. The first-order valence-corrected chi connectivity index (χ1v) is 8.14. The van der Waals surface area contributed by atoms with Crippen molar-refractivity contribution in [3.05, 3.63) is 35.9 Å². The van der Waals surface area contributed by atoms with E-state index in [9.17, 15) is 0 Å². The number of nitrogens with zero attached hydrogens (tertiary/aromatic N) is 1. The fraction of sp³-hybridized carbons (Fsp3) is 0.316. The molecular formula is C19H26IN3O5. The number of guanidine groups is 1. The Kier molecular flexibility index (Phi) is 9.49. The lowest BCUT2D eigenvalue weighted by Crippen LogP contribution is -2.22. The van der Waals surface area contributed by atoms with Crippen LogP contribution < -0.4 is 34.7 Å². The van der Waals surface area contributed by atoms with Crippen molar-refractivity contribution in [3.63, 3.8) is 0 Å².